The van der Waals surface area contributed by atoms with Crippen molar-refractivity contribution >= 4 is 25.2 Å². The van der Waals surface area contributed by atoms with Gasteiger partial charge in [0.05, 0.1) is 18.3 Å². The van der Waals surface area contributed by atoms with Crippen LogP contribution in [0.1, 0.15) is 52.2 Å². The summed E-state index contributed by atoms with van der Waals surface area (Å²) in [6, 6.07) is 15.0. The third-order valence-electron chi connectivity index (χ3n) is 4.73. The van der Waals surface area contributed by atoms with Gasteiger partial charge in [-0.25, -0.2) is 0 Å². The van der Waals surface area contributed by atoms with Crippen LogP contribution in [0.2, 0.25) is 0 Å². The van der Waals surface area contributed by atoms with E-state index in [4.69, 9.17) is 9.59 Å². The van der Waals surface area contributed by atoms with Crippen LogP contribution in [0.5, 0.6) is 0 Å². The van der Waals surface area contributed by atoms with E-state index in [-0.39, 0.29) is 0 Å². The van der Waals surface area contributed by atoms with Crippen LogP contribution in [0.3, 0.4) is 0 Å². The van der Waals surface area contributed by atoms with Gasteiger partial charge in [0.15, 0.2) is 0 Å². The van der Waals surface area contributed by atoms with E-state index in [1.54, 1.807) is 18.5 Å². The molecule has 0 radical (unpaired) electrons. The predicted octanol–water partition coefficient (Wildman–Crippen LogP) is 4.86. The smallest absolute Gasteiger partial charge is 0.106 e. The van der Waals surface area contributed by atoms with Gasteiger partial charge in [-0.2, -0.15) is 5.10 Å². The molecule has 1 heterocycles. The molecule has 0 saturated heterocycles. The number of hydrogen-bond acceptors (Lipinski definition) is 4. The van der Waals surface area contributed by atoms with E-state index in [2.05, 4.69) is 87.9 Å². The molecule has 188 valence electrons. The first kappa shape index (κ1) is 31.4. The molecule has 5 heteroatoms. The summed E-state index contributed by atoms with van der Waals surface area (Å²) in [7, 11) is 0. The highest BCUT2D eigenvalue weighted by atomic mass is 16.3. The molecule has 1 N–H and O–H groups in total. The van der Waals surface area contributed by atoms with Gasteiger partial charge in [0.25, 0.3) is 0 Å². The summed E-state index contributed by atoms with van der Waals surface area (Å²) < 4.78 is 1.78. The van der Waals surface area contributed by atoms with Crippen LogP contribution in [0, 0.1) is 6.92 Å². The second-order valence-corrected chi connectivity index (χ2v) is 8.52. The number of aliphatic hydroxyl groups is 1. The fourth-order valence-electron chi connectivity index (χ4n) is 3.38. The molecule has 0 amide bonds. The van der Waals surface area contributed by atoms with E-state index in [1.807, 2.05) is 32.0 Å². The van der Waals surface area contributed by atoms with Gasteiger partial charge in [0.2, 0.25) is 0 Å². The van der Waals surface area contributed by atoms with E-state index in [0.717, 1.165) is 22.3 Å². The summed E-state index contributed by atoms with van der Waals surface area (Å²) in [6.45, 7) is 20.5. The fourth-order valence-corrected chi connectivity index (χ4v) is 3.38. The van der Waals surface area contributed by atoms with E-state index >= 15 is 0 Å². The molecule has 5 nitrogen and oxygen atoms in total. The first-order valence-electron chi connectivity index (χ1n) is 11.6. The normalized spacial score (nSPS) is 11.6. The average Bonchev–Trinajstić information content (AvgIpc) is 3.30. The van der Waals surface area contributed by atoms with E-state index in [9.17, 15) is 5.11 Å². The maximum atomic E-state index is 9.97. The summed E-state index contributed by atoms with van der Waals surface area (Å²) in [4.78, 5) is 16.0. The molecule has 0 atom stereocenters. The summed E-state index contributed by atoms with van der Waals surface area (Å²) in [5, 5.41) is 16.7. The van der Waals surface area contributed by atoms with Crippen molar-refractivity contribution in [2.75, 3.05) is 0 Å². The number of benzene rings is 2. The molecule has 0 saturated carbocycles. The highest BCUT2D eigenvalue weighted by Gasteiger charge is 2.14. The van der Waals surface area contributed by atoms with Crippen LogP contribution in [0.4, 0.5) is 0 Å². The maximum absolute atomic E-state index is 9.97. The highest BCUT2D eigenvalue weighted by molar-refractivity contribution is 5.75. The van der Waals surface area contributed by atoms with Crippen LogP contribution < -0.4 is 10.4 Å². The van der Waals surface area contributed by atoms with Gasteiger partial charge in [-0.15, -0.1) is 0 Å². The zero-order valence-corrected chi connectivity index (χ0v) is 22.0. The largest absolute Gasteiger partial charge is 0.389 e. The Balaban J connectivity index is 0.00000150. The molecule has 3 rings (SSSR count). The zero-order valence-electron chi connectivity index (χ0n) is 22.0. The lowest BCUT2D eigenvalue weighted by atomic mass is 9.98. The number of allylic oxidation sites excluding steroid dienone is 1. The van der Waals surface area contributed by atoms with E-state index in [1.165, 1.54) is 22.4 Å². The Hall–Kier alpha value is -3.57. The van der Waals surface area contributed by atoms with Crippen LogP contribution in [0.25, 0.3) is 22.8 Å². The van der Waals surface area contributed by atoms with Crippen LogP contribution >= 0.6 is 0 Å². The number of carbonyl (C=O) groups is 2. The number of carbonyl (C=O) groups excluding carboxylic acids is 2. The van der Waals surface area contributed by atoms with Gasteiger partial charge >= 0.3 is 0 Å². The zero-order chi connectivity index (χ0) is 27.0. The first-order valence-corrected chi connectivity index (χ1v) is 11.6. The highest BCUT2D eigenvalue weighted by Crippen LogP contribution is 2.22. The standard InChI is InChI=1S/C25H28N2O.C3H8.2CH2O/c1-6-19-9-8-18(3)14-24(19)23(7-2)21-12-10-20(11-13-21)22-15-26-27(16-22)17-25(4,5)28;1-3-2;2*1-2/h6-16,28H,2,17H2,1,3-5H3;3H2,1-2H3;2*1H2/b19-6-,24-23+;;;. The molecule has 0 fully saturated rings. The molecule has 0 aliphatic heterocycles. The first-order chi connectivity index (χ1) is 16.7. The summed E-state index contributed by atoms with van der Waals surface area (Å²) in [6.07, 6.45) is 9.11. The van der Waals surface area contributed by atoms with Crippen molar-refractivity contribution in [3.63, 3.8) is 0 Å². The minimum atomic E-state index is -0.789. The molecular weight excluding hydrogens is 436 g/mol. The van der Waals surface area contributed by atoms with Crippen molar-refractivity contribution in [3.8, 4) is 11.1 Å². The SMILES string of the molecule is C=C/C(c1ccc(-c2cnn(CC(C)(C)O)c2)cc1)=c1/cc(C)cc/c1=C/C.C=O.C=O.CCC. The Kier molecular flexibility index (Phi) is 14.5. The van der Waals surface area contributed by atoms with Crippen LogP contribution in [-0.4, -0.2) is 34.1 Å². The van der Waals surface area contributed by atoms with Crippen molar-refractivity contribution in [3.05, 3.63) is 89.1 Å². The molecule has 0 bridgehead atoms. The quantitative estimate of drug-likeness (QED) is 0.571. The van der Waals surface area contributed by atoms with Gasteiger partial charge < -0.3 is 14.7 Å². The molecule has 35 heavy (non-hydrogen) atoms. The Morgan fingerprint density at radius 3 is 2.09 bits per heavy atom. The average molecular weight is 477 g/mol. The number of hydrogen-bond donors (Lipinski definition) is 1. The lowest BCUT2D eigenvalue weighted by molar-refractivity contribution is -0.0987. The maximum Gasteiger partial charge on any atom is 0.106 e. The van der Waals surface area contributed by atoms with Gasteiger partial charge in [0.1, 0.15) is 13.6 Å². The number of aryl methyl sites for hydroxylation is 1. The molecule has 0 aliphatic rings. The lowest BCUT2D eigenvalue weighted by Crippen LogP contribution is -2.26. The van der Waals surface area contributed by atoms with Gasteiger partial charge in [-0.05, 0) is 54.8 Å². The lowest BCUT2D eigenvalue weighted by Gasteiger charge is -2.16. The minimum absolute atomic E-state index is 0.461. The molecule has 0 aliphatic carbocycles. The van der Waals surface area contributed by atoms with Crippen LogP contribution in [-0.2, 0) is 16.1 Å². The van der Waals surface area contributed by atoms with E-state index in [0.29, 0.717) is 6.54 Å². The number of rotatable bonds is 5. The van der Waals surface area contributed by atoms with Crippen molar-refractivity contribution < 1.29 is 14.7 Å². The second-order valence-electron chi connectivity index (χ2n) is 8.52. The summed E-state index contributed by atoms with van der Waals surface area (Å²) >= 11 is 0. The second kappa shape index (κ2) is 16.1. The van der Waals surface area contributed by atoms with Crippen molar-refractivity contribution in [2.45, 2.75) is 60.1 Å². The van der Waals surface area contributed by atoms with Gasteiger partial charge in [-0.1, -0.05) is 87.0 Å². The molecule has 0 unspecified atom stereocenters. The molecule has 2 aromatic carbocycles. The molecular formula is C30H40N2O3. The Labute approximate surface area is 210 Å². The number of nitrogens with zero attached hydrogens (tertiary/aromatic N) is 2. The number of aromatic nitrogens is 2. The van der Waals surface area contributed by atoms with Gasteiger partial charge in [0, 0.05) is 11.8 Å². The van der Waals surface area contributed by atoms with Crippen molar-refractivity contribution in [1.29, 1.82) is 0 Å². The third-order valence-corrected chi connectivity index (χ3v) is 4.73. The Bertz CT molecular complexity index is 1150. The van der Waals surface area contributed by atoms with Crippen LogP contribution in [0.15, 0.2) is 67.5 Å². The predicted molar refractivity (Wildman–Crippen MR) is 147 cm³/mol. The Morgan fingerprint density at radius 2 is 1.60 bits per heavy atom. The molecule has 3 aromatic rings. The summed E-state index contributed by atoms with van der Waals surface area (Å²) in [5.41, 5.74) is 4.84. The topological polar surface area (TPSA) is 72.2 Å². The van der Waals surface area contributed by atoms with Gasteiger partial charge in [-0.3, -0.25) is 4.68 Å². The monoisotopic (exact) mass is 476 g/mol. The van der Waals surface area contributed by atoms with E-state index < -0.39 is 5.60 Å². The minimum Gasteiger partial charge on any atom is -0.389 e. The fraction of sp³-hybridized carbons (Fsp3) is 0.300. The molecule has 0 spiro atoms. The Morgan fingerprint density at radius 1 is 1.03 bits per heavy atom. The van der Waals surface area contributed by atoms with Crippen molar-refractivity contribution in [1.82, 2.24) is 9.78 Å². The molecule has 1 aromatic heterocycles. The third kappa shape index (κ3) is 10.1. The summed E-state index contributed by atoms with van der Waals surface area (Å²) in [5.74, 6) is 0. The van der Waals surface area contributed by atoms with Crippen molar-refractivity contribution in [2.24, 2.45) is 0 Å².